The number of nitrogen functional groups attached to an aromatic ring is 1. The summed E-state index contributed by atoms with van der Waals surface area (Å²) in [7, 11) is -3.24. The first-order valence-corrected chi connectivity index (χ1v) is 9.00. The number of hydrogen-bond acceptors (Lipinski definition) is 3. The van der Waals surface area contributed by atoms with E-state index < -0.39 is 10.0 Å². The van der Waals surface area contributed by atoms with Crippen LogP contribution in [-0.2, 0) is 15.8 Å². The topological polar surface area (TPSA) is 72.2 Å². The van der Waals surface area contributed by atoms with Crippen molar-refractivity contribution in [3.05, 3.63) is 29.8 Å². The number of anilines is 1. The Morgan fingerprint density at radius 3 is 2.15 bits per heavy atom. The maximum absolute atomic E-state index is 12.1. The van der Waals surface area contributed by atoms with Gasteiger partial charge in [0.2, 0.25) is 10.0 Å². The first-order chi connectivity index (χ1) is 9.53. The van der Waals surface area contributed by atoms with Gasteiger partial charge in [-0.3, -0.25) is 0 Å². The van der Waals surface area contributed by atoms with Gasteiger partial charge in [-0.05, 0) is 61.1 Å². The van der Waals surface area contributed by atoms with Gasteiger partial charge in [-0.2, -0.15) is 0 Å². The third-order valence-electron chi connectivity index (χ3n) is 4.33. The Balaban J connectivity index is 1.56. The van der Waals surface area contributed by atoms with E-state index in [9.17, 15) is 8.42 Å². The standard InChI is InChI=1S/C15H22N2O2S/c16-14-7-1-11(2-8-14)10-20(18,19)17-9-15(12-3-4-12)13-5-6-13/h1-2,7-8,12-13,15,17H,3-6,9-10,16H2. The minimum absolute atomic E-state index is 0.0370. The molecule has 3 rings (SSSR count). The van der Waals surface area contributed by atoms with E-state index in [0.717, 1.165) is 17.4 Å². The molecule has 5 heteroatoms. The van der Waals surface area contributed by atoms with Gasteiger partial charge in [0.15, 0.2) is 0 Å². The summed E-state index contributed by atoms with van der Waals surface area (Å²) in [6.07, 6.45) is 5.11. The fraction of sp³-hybridized carbons (Fsp3) is 0.600. The van der Waals surface area contributed by atoms with E-state index >= 15 is 0 Å². The smallest absolute Gasteiger partial charge is 0.215 e. The van der Waals surface area contributed by atoms with Crippen LogP contribution in [0.1, 0.15) is 31.2 Å². The van der Waals surface area contributed by atoms with Gasteiger partial charge in [0.1, 0.15) is 0 Å². The van der Waals surface area contributed by atoms with Crippen LogP contribution in [0.25, 0.3) is 0 Å². The fourth-order valence-electron chi connectivity index (χ4n) is 2.87. The Morgan fingerprint density at radius 1 is 1.10 bits per heavy atom. The highest BCUT2D eigenvalue weighted by atomic mass is 32.2. The molecule has 20 heavy (non-hydrogen) atoms. The van der Waals surface area contributed by atoms with Gasteiger partial charge in [0, 0.05) is 12.2 Å². The minimum Gasteiger partial charge on any atom is -0.399 e. The van der Waals surface area contributed by atoms with Crippen LogP contribution >= 0.6 is 0 Å². The van der Waals surface area contributed by atoms with Crippen molar-refractivity contribution in [1.82, 2.24) is 4.72 Å². The average Bonchev–Trinajstić information content (AvgIpc) is 3.25. The van der Waals surface area contributed by atoms with Crippen LogP contribution in [0.5, 0.6) is 0 Å². The van der Waals surface area contributed by atoms with Gasteiger partial charge < -0.3 is 5.73 Å². The van der Waals surface area contributed by atoms with Gasteiger partial charge in [-0.25, -0.2) is 13.1 Å². The molecule has 0 aliphatic heterocycles. The van der Waals surface area contributed by atoms with E-state index in [1.54, 1.807) is 24.3 Å². The number of nitrogens with two attached hydrogens (primary N) is 1. The second-order valence-corrected chi connectivity index (χ2v) is 7.99. The number of hydrogen-bond donors (Lipinski definition) is 2. The van der Waals surface area contributed by atoms with Crippen molar-refractivity contribution in [2.45, 2.75) is 31.4 Å². The van der Waals surface area contributed by atoms with E-state index in [-0.39, 0.29) is 5.75 Å². The molecule has 2 aliphatic rings. The van der Waals surface area contributed by atoms with Crippen LogP contribution in [0.4, 0.5) is 5.69 Å². The highest BCUT2D eigenvalue weighted by Crippen LogP contribution is 2.48. The van der Waals surface area contributed by atoms with Crippen molar-refractivity contribution in [3.63, 3.8) is 0 Å². The summed E-state index contributed by atoms with van der Waals surface area (Å²) < 4.78 is 27.1. The second-order valence-electron chi connectivity index (χ2n) is 6.19. The Hall–Kier alpha value is -1.07. The molecule has 4 nitrogen and oxygen atoms in total. The first-order valence-electron chi connectivity index (χ1n) is 7.35. The predicted octanol–water partition coefficient (Wildman–Crippen LogP) is 2.12. The molecule has 1 aromatic carbocycles. The molecule has 0 bridgehead atoms. The average molecular weight is 294 g/mol. The van der Waals surface area contributed by atoms with E-state index in [2.05, 4.69) is 4.72 Å². The van der Waals surface area contributed by atoms with Crippen LogP contribution in [-0.4, -0.2) is 15.0 Å². The zero-order valence-corrected chi connectivity index (χ0v) is 12.4. The molecule has 0 amide bonds. The van der Waals surface area contributed by atoms with Crippen LogP contribution in [0, 0.1) is 17.8 Å². The Bertz CT molecular complexity index is 548. The van der Waals surface area contributed by atoms with Crippen LogP contribution in [0.2, 0.25) is 0 Å². The van der Waals surface area contributed by atoms with E-state index in [1.165, 1.54) is 25.7 Å². The minimum atomic E-state index is -3.24. The normalized spacial score (nSPS) is 19.4. The Kier molecular flexibility index (Phi) is 3.73. The summed E-state index contributed by atoms with van der Waals surface area (Å²) in [5, 5.41) is 0. The summed E-state index contributed by atoms with van der Waals surface area (Å²) in [4.78, 5) is 0. The van der Waals surface area contributed by atoms with E-state index in [1.807, 2.05) is 0 Å². The fourth-order valence-corrected chi connectivity index (χ4v) is 4.05. The van der Waals surface area contributed by atoms with Crippen molar-refractivity contribution >= 4 is 15.7 Å². The van der Waals surface area contributed by atoms with Gasteiger partial charge in [-0.15, -0.1) is 0 Å². The molecule has 0 unspecified atom stereocenters. The molecule has 2 aliphatic carbocycles. The maximum Gasteiger partial charge on any atom is 0.215 e. The molecule has 110 valence electrons. The molecular formula is C15H22N2O2S. The van der Waals surface area contributed by atoms with Crippen LogP contribution in [0.15, 0.2) is 24.3 Å². The summed E-state index contributed by atoms with van der Waals surface area (Å²) in [5.74, 6) is 2.13. The van der Waals surface area contributed by atoms with Crippen molar-refractivity contribution in [2.75, 3.05) is 12.3 Å². The zero-order valence-electron chi connectivity index (χ0n) is 11.6. The highest BCUT2D eigenvalue weighted by molar-refractivity contribution is 7.88. The molecule has 0 heterocycles. The van der Waals surface area contributed by atoms with E-state index in [4.69, 9.17) is 5.73 Å². The molecule has 0 saturated heterocycles. The molecule has 1 aromatic rings. The number of nitrogens with one attached hydrogen (secondary N) is 1. The largest absolute Gasteiger partial charge is 0.399 e. The molecule has 2 saturated carbocycles. The molecule has 2 fully saturated rings. The second kappa shape index (κ2) is 5.37. The number of benzene rings is 1. The molecule has 0 atom stereocenters. The lowest BCUT2D eigenvalue weighted by atomic mass is 9.99. The molecule has 3 N–H and O–H groups in total. The quantitative estimate of drug-likeness (QED) is 0.757. The third-order valence-corrected chi connectivity index (χ3v) is 5.65. The van der Waals surface area contributed by atoms with Crippen LogP contribution in [0.3, 0.4) is 0 Å². The first kappa shape index (κ1) is 13.9. The number of rotatable bonds is 7. The Morgan fingerprint density at radius 2 is 1.65 bits per heavy atom. The van der Waals surface area contributed by atoms with Gasteiger partial charge in [0.05, 0.1) is 5.75 Å². The lowest BCUT2D eigenvalue weighted by Crippen LogP contribution is -2.32. The summed E-state index contributed by atoms with van der Waals surface area (Å²) in [5.41, 5.74) is 7.04. The van der Waals surface area contributed by atoms with E-state index in [0.29, 0.717) is 18.2 Å². The van der Waals surface area contributed by atoms with Crippen molar-refractivity contribution in [3.8, 4) is 0 Å². The summed E-state index contributed by atoms with van der Waals surface area (Å²) in [6.45, 7) is 0.618. The van der Waals surface area contributed by atoms with Crippen molar-refractivity contribution < 1.29 is 8.42 Å². The molecule has 0 aromatic heterocycles. The Labute approximate surface area is 120 Å². The highest BCUT2D eigenvalue weighted by Gasteiger charge is 2.41. The SMILES string of the molecule is Nc1ccc(CS(=O)(=O)NCC(C2CC2)C2CC2)cc1. The summed E-state index contributed by atoms with van der Waals surface area (Å²) in [6, 6.07) is 7.02. The maximum atomic E-state index is 12.1. The summed E-state index contributed by atoms with van der Waals surface area (Å²) >= 11 is 0. The monoisotopic (exact) mass is 294 g/mol. The number of sulfonamides is 1. The third kappa shape index (κ3) is 3.73. The zero-order chi connectivity index (χ0) is 14.2. The van der Waals surface area contributed by atoms with Crippen LogP contribution < -0.4 is 10.5 Å². The molecule has 0 spiro atoms. The van der Waals surface area contributed by atoms with Gasteiger partial charge in [0.25, 0.3) is 0 Å². The van der Waals surface area contributed by atoms with Gasteiger partial charge in [-0.1, -0.05) is 12.1 Å². The lowest BCUT2D eigenvalue weighted by Gasteiger charge is -2.16. The van der Waals surface area contributed by atoms with Crippen molar-refractivity contribution in [1.29, 1.82) is 0 Å². The molecular weight excluding hydrogens is 272 g/mol. The van der Waals surface area contributed by atoms with Crippen molar-refractivity contribution in [2.24, 2.45) is 17.8 Å². The molecule has 0 radical (unpaired) electrons. The predicted molar refractivity (Wildman–Crippen MR) is 80.4 cm³/mol. The lowest BCUT2D eigenvalue weighted by molar-refractivity contribution is 0.401. The van der Waals surface area contributed by atoms with Gasteiger partial charge >= 0.3 is 0 Å².